The number of carbonyl (C=O) groups excluding carboxylic acids is 2. The number of hydrogen-bond acceptors (Lipinski definition) is 4. The molecule has 2 aromatic rings. The number of amides is 2. The van der Waals surface area contributed by atoms with Gasteiger partial charge in [-0.05, 0) is 43.0 Å². The zero-order valence-corrected chi connectivity index (χ0v) is 14.1. The van der Waals surface area contributed by atoms with Crippen LogP contribution in [-0.4, -0.2) is 16.8 Å². The lowest BCUT2D eigenvalue weighted by Crippen LogP contribution is -2.43. The van der Waals surface area contributed by atoms with Gasteiger partial charge in [0.05, 0.1) is 5.54 Å². The summed E-state index contributed by atoms with van der Waals surface area (Å²) in [6, 6.07) is 5.50. The molecule has 2 heterocycles. The number of aryl methyl sites for hydroxylation is 1. The molecule has 24 heavy (non-hydrogen) atoms. The number of thiazole rings is 1. The number of rotatable bonds is 3. The predicted octanol–water partition coefficient (Wildman–Crippen LogP) is 3.23. The van der Waals surface area contributed by atoms with Crippen molar-refractivity contribution < 1.29 is 9.59 Å². The van der Waals surface area contributed by atoms with Gasteiger partial charge in [-0.1, -0.05) is 12.8 Å². The highest BCUT2D eigenvalue weighted by atomic mass is 32.1. The molecule has 0 spiro atoms. The van der Waals surface area contributed by atoms with Gasteiger partial charge in [-0.15, -0.1) is 11.3 Å². The maximum absolute atomic E-state index is 12.8. The Bertz CT molecular complexity index is 780. The summed E-state index contributed by atoms with van der Waals surface area (Å²) >= 11 is 1.61. The summed E-state index contributed by atoms with van der Waals surface area (Å²) in [5, 5.41) is 9.06. The number of benzene rings is 1. The lowest BCUT2D eigenvalue weighted by Gasteiger charge is -2.28. The first kappa shape index (κ1) is 15.3. The van der Waals surface area contributed by atoms with Crippen LogP contribution in [0.25, 0.3) is 0 Å². The zero-order chi connectivity index (χ0) is 16.6. The molecule has 1 aromatic carbocycles. The van der Waals surface area contributed by atoms with Crippen molar-refractivity contribution in [2.75, 3.05) is 5.32 Å². The van der Waals surface area contributed by atoms with Crippen LogP contribution in [0.4, 0.5) is 5.69 Å². The van der Waals surface area contributed by atoms with E-state index in [9.17, 15) is 9.59 Å². The van der Waals surface area contributed by atoms with Crippen molar-refractivity contribution in [1.29, 1.82) is 0 Å². The molecule has 6 heteroatoms. The Labute approximate surface area is 144 Å². The maximum Gasteiger partial charge on any atom is 0.252 e. The van der Waals surface area contributed by atoms with E-state index in [0.29, 0.717) is 18.4 Å². The van der Waals surface area contributed by atoms with E-state index < -0.39 is 0 Å². The van der Waals surface area contributed by atoms with Crippen LogP contribution in [0.1, 0.15) is 53.0 Å². The molecule has 2 amide bonds. The Morgan fingerprint density at radius 3 is 2.83 bits per heavy atom. The first-order valence-electron chi connectivity index (χ1n) is 8.32. The molecule has 1 aliphatic carbocycles. The van der Waals surface area contributed by atoms with Crippen LogP contribution in [0.2, 0.25) is 0 Å². The van der Waals surface area contributed by atoms with Crippen molar-refractivity contribution in [2.24, 2.45) is 0 Å². The summed E-state index contributed by atoms with van der Waals surface area (Å²) in [6.07, 6.45) is 7.04. The third-order valence-electron chi connectivity index (χ3n) is 4.91. The minimum Gasteiger partial charge on any atom is -0.340 e. The summed E-state index contributed by atoms with van der Waals surface area (Å²) in [5.74, 6) is -0.0276. The van der Waals surface area contributed by atoms with E-state index in [1.807, 2.05) is 17.5 Å². The second-order valence-corrected chi connectivity index (χ2v) is 7.40. The van der Waals surface area contributed by atoms with Gasteiger partial charge < -0.3 is 10.6 Å². The molecule has 4 rings (SSSR count). The van der Waals surface area contributed by atoms with E-state index in [0.717, 1.165) is 41.9 Å². The quantitative estimate of drug-likeness (QED) is 0.900. The number of nitrogens with zero attached hydrogens (tertiary/aromatic N) is 1. The van der Waals surface area contributed by atoms with E-state index in [1.54, 1.807) is 23.6 Å². The molecule has 1 fully saturated rings. The van der Waals surface area contributed by atoms with Gasteiger partial charge in [0.1, 0.15) is 5.01 Å². The Morgan fingerprint density at radius 2 is 2.08 bits per heavy atom. The summed E-state index contributed by atoms with van der Waals surface area (Å²) < 4.78 is 0. The molecule has 1 aliphatic heterocycles. The first-order valence-corrected chi connectivity index (χ1v) is 9.20. The normalized spacial score (nSPS) is 18.8. The summed E-state index contributed by atoms with van der Waals surface area (Å²) in [7, 11) is 0. The summed E-state index contributed by atoms with van der Waals surface area (Å²) in [4.78, 5) is 28.7. The third-order valence-corrected chi connectivity index (χ3v) is 5.89. The van der Waals surface area contributed by atoms with Crippen molar-refractivity contribution >= 4 is 28.8 Å². The molecule has 1 aromatic heterocycles. The number of nitrogens with one attached hydrogen (secondary N) is 2. The smallest absolute Gasteiger partial charge is 0.252 e. The lowest BCUT2D eigenvalue weighted by molar-refractivity contribution is -0.116. The van der Waals surface area contributed by atoms with Gasteiger partial charge in [0.25, 0.3) is 5.91 Å². The van der Waals surface area contributed by atoms with E-state index in [2.05, 4.69) is 15.6 Å². The largest absolute Gasteiger partial charge is 0.340 e. The molecular formula is C18H19N3O2S. The minimum absolute atomic E-state index is 0.0355. The highest BCUT2D eigenvalue weighted by Crippen LogP contribution is 2.40. The lowest BCUT2D eigenvalue weighted by atomic mass is 9.96. The second kappa shape index (κ2) is 6.02. The van der Waals surface area contributed by atoms with Crippen LogP contribution in [0.15, 0.2) is 29.8 Å². The van der Waals surface area contributed by atoms with Crippen LogP contribution in [-0.2, 0) is 16.8 Å². The second-order valence-electron chi connectivity index (χ2n) is 6.50. The van der Waals surface area contributed by atoms with Crippen LogP contribution in [0.5, 0.6) is 0 Å². The molecule has 2 aliphatic rings. The minimum atomic E-state index is -0.324. The SMILES string of the molecule is O=C1CCc2cc(C(=O)NC3(c4nccs4)CCCC3)ccc2N1. The van der Waals surface area contributed by atoms with E-state index in [4.69, 9.17) is 0 Å². The topological polar surface area (TPSA) is 71.1 Å². The molecule has 124 valence electrons. The molecule has 0 bridgehead atoms. The maximum atomic E-state index is 12.8. The van der Waals surface area contributed by atoms with Crippen LogP contribution in [0.3, 0.4) is 0 Å². The number of hydrogen-bond donors (Lipinski definition) is 2. The Kier molecular flexibility index (Phi) is 3.84. The summed E-state index contributed by atoms with van der Waals surface area (Å²) in [6.45, 7) is 0. The number of fused-ring (bicyclic) bond motifs is 1. The molecule has 2 N–H and O–H groups in total. The fourth-order valence-corrected chi connectivity index (χ4v) is 4.50. The van der Waals surface area contributed by atoms with Gasteiger partial charge in [-0.2, -0.15) is 0 Å². The fourth-order valence-electron chi connectivity index (χ4n) is 3.64. The van der Waals surface area contributed by atoms with Crippen LogP contribution < -0.4 is 10.6 Å². The average Bonchev–Trinajstić information content (AvgIpc) is 3.26. The Morgan fingerprint density at radius 1 is 1.25 bits per heavy atom. The third kappa shape index (κ3) is 2.71. The molecule has 0 saturated heterocycles. The summed E-state index contributed by atoms with van der Waals surface area (Å²) in [5.41, 5.74) is 2.16. The Balaban J connectivity index is 1.59. The number of aromatic nitrogens is 1. The van der Waals surface area contributed by atoms with Gasteiger partial charge in [0.15, 0.2) is 0 Å². The monoisotopic (exact) mass is 341 g/mol. The van der Waals surface area contributed by atoms with Gasteiger partial charge in [0, 0.05) is 29.2 Å². The van der Waals surface area contributed by atoms with Crippen molar-refractivity contribution in [3.8, 4) is 0 Å². The highest BCUT2D eigenvalue weighted by molar-refractivity contribution is 7.09. The van der Waals surface area contributed by atoms with Gasteiger partial charge >= 0.3 is 0 Å². The molecule has 0 radical (unpaired) electrons. The molecular weight excluding hydrogens is 322 g/mol. The average molecular weight is 341 g/mol. The molecule has 0 unspecified atom stereocenters. The van der Waals surface area contributed by atoms with Crippen LogP contribution >= 0.6 is 11.3 Å². The molecule has 0 atom stereocenters. The van der Waals surface area contributed by atoms with Crippen molar-refractivity contribution in [3.05, 3.63) is 45.9 Å². The van der Waals surface area contributed by atoms with Crippen LogP contribution in [0, 0.1) is 0 Å². The molecule has 5 nitrogen and oxygen atoms in total. The zero-order valence-electron chi connectivity index (χ0n) is 13.3. The van der Waals surface area contributed by atoms with E-state index in [-0.39, 0.29) is 17.4 Å². The van der Waals surface area contributed by atoms with Crippen molar-refractivity contribution in [1.82, 2.24) is 10.3 Å². The van der Waals surface area contributed by atoms with Crippen molar-refractivity contribution in [2.45, 2.75) is 44.1 Å². The fraction of sp³-hybridized carbons (Fsp3) is 0.389. The highest BCUT2D eigenvalue weighted by Gasteiger charge is 2.39. The number of anilines is 1. The molecule has 1 saturated carbocycles. The Hall–Kier alpha value is -2.21. The van der Waals surface area contributed by atoms with E-state index in [1.165, 1.54) is 0 Å². The van der Waals surface area contributed by atoms with E-state index >= 15 is 0 Å². The van der Waals surface area contributed by atoms with Gasteiger partial charge in [0.2, 0.25) is 5.91 Å². The number of carbonyl (C=O) groups is 2. The first-order chi connectivity index (χ1) is 11.7. The van der Waals surface area contributed by atoms with Crippen molar-refractivity contribution in [3.63, 3.8) is 0 Å². The predicted molar refractivity (Wildman–Crippen MR) is 93.1 cm³/mol. The van der Waals surface area contributed by atoms with Gasteiger partial charge in [-0.25, -0.2) is 4.98 Å². The standard InChI is InChI=1S/C18H19N3O2S/c22-15-6-4-12-11-13(3-5-14(12)20-15)16(23)21-18(7-1-2-8-18)17-19-9-10-24-17/h3,5,9-11H,1-2,4,6-8H2,(H,20,22)(H,21,23). The van der Waals surface area contributed by atoms with Gasteiger partial charge in [-0.3, -0.25) is 9.59 Å².